The average molecular weight is 279 g/mol. The molecule has 0 unspecified atom stereocenters. The van der Waals surface area contributed by atoms with Gasteiger partial charge in [0.2, 0.25) is 0 Å². The molecule has 0 aliphatic carbocycles. The van der Waals surface area contributed by atoms with Crippen molar-refractivity contribution in [3.63, 3.8) is 0 Å². The molecule has 0 aliphatic rings. The van der Waals surface area contributed by atoms with Gasteiger partial charge in [-0.15, -0.1) is 0 Å². The number of benzene rings is 1. The van der Waals surface area contributed by atoms with Crippen molar-refractivity contribution in [1.29, 1.82) is 0 Å². The van der Waals surface area contributed by atoms with Crippen LogP contribution >= 0.6 is 0 Å². The molecule has 1 aromatic heterocycles. The molecule has 0 spiro atoms. The molecule has 0 atom stereocenters. The third kappa shape index (κ3) is 3.94. The van der Waals surface area contributed by atoms with Crippen molar-refractivity contribution in [2.45, 2.75) is 18.4 Å². The largest absolute Gasteiger partial charge is 0.465 e. The predicted molar refractivity (Wildman–Crippen MR) is 73.6 cm³/mol. The van der Waals surface area contributed by atoms with Gasteiger partial charge in [-0.2, -0.15) is 0 Å². The lowest BCUT2D eigenvalue weighted by Gasteiger charge is -2.05. The highest BCUT2D eigenvalue weighted by atomic mass is 32.2. The van der Waals surface area contributed by atoms with Gasteiger partial charge in [0.15, 0.2) is 9.84 Å². The lowest BCUT2D eigenvalue weighted by molar-refractivity contribution is 0.465. The summed E-state index contributed by atoms with van der Waals surface area (Å²) in [6.45, 7) is 2.82. The minimum absolute atomic E-state index is 0.0801. The summed E-state index contributed by atoms with van der Waals surface area (Å²) < 4.78 is 29.4. The molecular weight excluding hydrogens is 262 g/mol. The van der Waals surface area contributed by atoms with Crippen molar-refractivity contribution in [2.75, 3.05) is 12.3 Å². The van der Waals surface area contributed by atoms with Gasteiger partial charge in [0.1, 0.15) is 11.5 Å². The van der Waals surface area contributed by atoms with Crippen LogP contribution in [0.25, 0.3) is 0 Å². The van der Waals surface area contributed by atoms with E-state index in [1.54, 1.807) is 30.3 Å². The summed E-state index contributed by atoms with van der Waals surface area (Å²) in [7, 11) is -3.20. The molecule has 4 nitrogen and oxygen atoms in total. The monoisotopic (exact) mass is 279 g/mol. The quantitative estimate of drug-likeness (QED) is 0.823. The van der Waals surface area contributed by atoms with Gasteiger partial charge in [-0.05, 0) is 31.2 Å². The Morgan fingerprint density at radius 2 is 1.84 bits per heavy atom. The molecule has 19 heavy (non-hydrogen) atoms. The molecule has 1 N–H and O–H groups in total. The predicted octanol–water partition coefficient (Wildman–Crippen LogP) is 2.15. The highest BCUT2D eigenvalue weighted by Crippen LogP contribution is 2.09. The number of nitrogens with one attached hydrogen (secondary N) is 1. The molecule has 1 aromatic carbocycles. The summed E-state index contributed by atoms with van der Waals surface area (Å²) >= 11 is 0. The lowest BCUT2D eigenvalue weighted by Crippen LogP contribution is -2.22. The Bertz CT molecular complexity index is 617. The number of hydrogen-bond acceptors (Lipinski definition) is 4. The van der Waals surface area contributed by atoms with Gasteiger partial charge >= 0.3 is 0 Å². The molecule has 2 aromatic rings. The van der Waals surface area contributed by atoms with E-state index < -0.39 is 9.84 Å². The summed E-state index contributed by atoms with van der Waals surface area (Å²) in [5.41, 5.74) is 0. The van der Waals surface area contributed by atoms with E-state index >= 15 is 0 Å². The Kier molecular flexibility index (Phi) is 4.39. The number of sulfone groups is 1. The summed E-state index contributed by atoms with van der Waals surface area (Å²) in [6, 6.07) is 12.3. The molecule has 102 valence electrons. The molecule has 0 bridgehead atoms. The standard InChI is InChI=1S/C14H17NO3S/c1-12-7-8-13(18-12)11-15-9-10-19(16,17)14-5-3-2-4-6-14/h2-8,15H,9-11H2,1H3. The van der Waals surface area contributed by atoms with Crippen LogP contribution < -0.4 is 5.32 Å². The average Bonchev–Trinajstić information content (AvgIpc) is 2.82. The third-order valence-electron chi connectivity index (χ3n) is 2.75. The molecule has 0 amide bonds. The van der Waals surface area contributed by atoms with Gasteiger partial charge in [0, 0.05) is 6.54 Å². The fourth-order valence-corrected chi connectivity index (χ4v) is 2.96. The fourth-order valence-electron chi connectivity index (χ4n) is 1.74. The molecule has 5 heteroatoms. The molecule has 0 saturated heterocycles. The molecule has 0 radical (unpaired) electrons. The van der Waals surface area contributed by atoms with Gasteiger partial charge < -0.3 is 9.73 Å². The Balaban J connectivity index is 1.82. The van der Waals surface area contributed by atoms with Crippen LogP contribution in [0.15, 0.2) is 51.8 Å². The summed E-state index contributed by atoms with van der Waals surface area (Å²) in [5, 5.41) is 3.07. The van der Waals surface area contributed by atoms with Crippen LogP contribution in [0.1, 0.15) is 11.5 Å². The van der Waals surface area contributed by atoms with Crippen LogP contribution in [0.5, 0.6) is 0 Å². The van der Waals surface area contributed by atoms with E-state index in [4.69, 9.17) is 4.42 Å². The van der Waals surface area contributed by atoms with E-state index in [2.05, 4.69) is 5.32 Å². The Hall–Kier alpha value is -1.59. The third-order valence-corrected chi connectivity index (χ3v) is 4.48. The first-order valence-electron chi connectivity index (χ1n) is 6.12. The summed E-state index contributed by atoms with van der Waals surface area (Å²) in [6.07, 6.45) is 0. The number of rotatable bonds is 6. The number of furan rings is 1. The van der Waals surface area contributed by atoms with Gasteiger partial charge in [-0.1, -0.05) is 18.2 Å². The van der Waals surface area contributed by atoms with Crippen molar-refractivity contribution in [3.8, 4) is 0 Å². The minimum Gasteiger partial charge on any atom is -0.465 e. The van der Waals surface area contributed by atoms with E-state index in [1.165, 1.54) is 0 Å². The molecule has 2 rings (SSSR count). The zero-order valence-electron chi connectivity index (χ0n) is 10.8. The Morgan fingerprint density at radius 1 is 1.11 bits per heavy atom. The lowest BCUT2D eigenvalue weighted by atomic mass is 10.4. The maximum absolute atomic E-state index is 12.0. The second-order valence-corrected chi connectivity index (χ2v) is 6.43. The minimum atomic E-state index is -3.20. The Morgan fingerprint density at radius 3 is 2.47 bits per heavy atom. The van der Waals surface area contributed by atoms with Crippen molar-refractivity contribution < 1.29 is 12.8 Å². The van der Waals surface area contributed by atoms with Gasteiger partial charge in [-0.3, -0.25) is 0 Å². The second-order valence-electron chi connectivity index (χ2n) is 4.32. The van der Waals surface area contributed by atoms with Gasteiger partial charge in [0.25, 0.3) is 0 Å². The molecule has 0 fully saturated rings. The smallest absolute Gasteiger partial charge is 0.179 e. The zero-order chi connectivity index (χ0) is 13.7. The highest BCUT2D eigenvalue weighted by Gasteiger charge is 2.12. The van der Waals surface area contributed by atoms with E-state index in [0.29, 0.717) is 18.0 Å². The number of hydrogen-bond donors (Lipinski definition) is 1. The first-order chi connectivity index (χ1) is 9.08. The van der Waals surface area contributed by atoms with Crippen LogP contribution in [0.2, 0.25) is 0 Å². The van der Waals surface area contributed by atoms with Crippen LogP contribution in [0.3, 0.4) is 0 Å². The molecule has 1 heterocycles. The van der Waals surface area contributed by atoms with Crippen LogP contribution in [0.4, 0.5) is 0 Å². The Labute approximate surface area is 113 Å². The van der Waals surface area contributed by atoms with E-state index in [0.717, 1.165) is 11.5 Å². The van der Waals surface area contributed by atoms with Crippen LogP contribution in [0, 0.1) is 6.92 Å². The second kappa shape index (κ2) is 6.04. The molecule has 0 saturated carbocycles. The van der Waals surface area contributed by atoms with E-state index in [1.807, 2.05) is 19.1 Å². The molecular formula is C14H17NO3S. The van der Waals surface area contributed by atoms with Gasteiger partial charge in [0.05, 0.1) is 17.2 Å². The maximum atomic E-state index is 12.0. The first-order valence-corrected chi connectivity index (χ1v) is 7.77. The SMILES string of the molecule is Cc1ccc(CNCCS(=O)(=O)c2ccccc2)o1. The van der Waals surface area contributed by atoms with Crippen molar-refractivity contribution >= 4 is 9.84 Å². The number of aryl methyl sites for hydroxylation is 1. The fraction of sp³-hybridized carbons (Fsp3) is 0.286. The van der Waals surface area contributed by atoms with E-state index in [9.17, 15) is 8.42 Å². The normalized spacial score (nSPS) is 11.6. The van der Waals surface area contributed by atoms with Crippen molar-refractivity contribution in [3.05, 3.63) is 54.0 Å². The first kappa shape index (κ1) is 13.8. The van der Waals surface area contributed by atoms with Crippen LogP contribution in [-0.4, -0.2) is 20.7 Å². The zero-order valence-corrected chi connectivity index (χ0v) is 11.6. The van der Waals surface area contributed by atoms with Gasteiger partial charge in [-0.25, -0.2) is 8.42 Å². The summed E-state index contributed by atoms with van der Waals surface area (Å²) in [5.74, 6) is 1.75. The van der Waals surface area contributed by atoms with Crippen molar-refractivity contribution in [1.82, 2.24) is 5.32 Å². The summed E-state index contributed by atoms with van der Waals surface area (Å²) in [4.78, 5) is 0.366. The highest BCUT2D eigenvalue weighted by molar-refractivity contribution is 7.91. The van der Waals surface area contributed by atoms with E-state index in [-0.39, 0.29) is 5.75 Å². The molecule has 0 aliphatic heterocycles. The topological polar surface area (TPSA) is 59.3 Å². The van der Waals surface area contributed by atoms with Crippen molar-refractivity contribution in [2.24, 2.45) is 0 Å². The maximum Gasteiger partial charge on any atom is 0.179 e. The van der Waals surface area contributed by atoms with Crippen LogP contribution in [-0.2, 0) is 16.4 Å².